The fraction of sp³-hybridized carbons (Fsp3) is 0.708. The Hall–Kier alpha value is -1.39. The lowest BCUT2D eigenvalue weighted by atomic mass is 9.87. The maximum atomic E-state index is 12.7. The molecule has 3 heterocycles. The molecule has 0 aromatic heterocycles. The summed E-state index contributed by atoms with van der Waals surface area (Å²) in [6.45, 7) is 9.41. The molecule has 1 spiro atoms. The third-order valence-electron chi connectivity index (χ3n) is 7.15. The molecule has 4 nitrogen and oxygen atoms in total. The van der Waals surface area contributed by atoms with Gasteiger partial charge in [0.2, 0.25) is 5.91 Å². The molecule has 2 unspecified atom stereocenters. The highest BCUT2D eigenvalue weighted by Crippen LogP contribution is 2.40. The van der Waals surface area contributed by atoms with Gasteiger partial charge in [-0.25, -0.2) is 0 Å². The van der Waals surface area contributed by atoms with Crippen molar-refractivity contribution in [3.8, 4) is 0 Å². The standard InChI is InChI=1S/C24H36N2O2/c1-19(2)21-8-6-20(7-9-21)17-25-14-4-11-24(13-15-25)12-10-23(27)26(24)18-22-5-3-16-28-22/h6-9,19,22H,3-5,10-18H2,1-2H3. The van der Waals surface area contributed by atoms with E-state index in [9.17, 15) is 4.79 Å². The summed E-state index contributed by atoms with van der Waals surface area (Å²) >= 11 is 0. The molecule has 0 saturated carbocycles. The number of likely N-dealkylation sites (tertiary alicyclic amines) is 2. The van der Waals surface area contributed by atoms with E-state index in [0.29, 0.717) is 11.8 Å². The highest BCUT2D eigenvalue weighted by Gasteiger charge is 2.46. The molecule has 154 valence electrons. The molecule has 0 radical (unpaired) electrons. The molecule has 3 fully saturated rings. The van der Waals surface area contributed by atoms with E-state index >= 15 is 0 Å². The fourth-order valence-electron chi connectivity index (χ4n) is 5.34. The van der Waals surface area contributed by atoms with Crippen molar-refractivity contribution >= 4 is 5.91 Å². The van der Waals surface area contributed by atoms with E-state index in [0.717, 1.165) is 71.3 Å². The predicted molar refractivity (Wildman–Crippen MR) is 112 cm³/mol. The first-order chi connectivity index (χ1) is 13.6. The van der Waals surface area contributed by atoms with E-state index < -0.39 is 0 Å². The lowest BCUT2D eigenvalue weighted by molar-refractivity contribution is -0.133. The molecule has 1 aromatic rings. The Kier molecular flexibility index (Phi) is 6.07. The van der Waals surface area contributed by atoms with Crippen LogP contribution in [0.3, 0.4) is 0 Å². The second kappa shape index (κ2) is 8.54. The maximum Gasteiger partial charge on any atom is 0.223 e. The lowest BCUT2D eigenvalue weighted by Crippen LogP contribution is -2.49. The van der Waals surface area contributed by atoms with E-state index in [1.807, 2.05) is 0 Å². The number of hydrogen-bond donors (Lipinski definition) is 0. The number of benzene rings is 1. The number of ether oxygens (including phenoxy) is 1. The molecule has 0 aliphatic carbocycles. The van der Waals surface area contributed by atoms with Crippen molar-refractivity contribution in [3.63, 3.8) is 0 Å². The number of carbonyl (C=O) groups excluding carboxylic acids is 1. The summed E-state index contributed by atoms with van der Waals surface area (Å²) in [6, 6.07) is 9.13. The van der Waals surface area contributed by atoms with Crippen LogP contribution in [0.25, 0.3) is 0 Å². The average molecular weight is 385 g/mol. The van der Waals surface area contributed by atoms with Gasteiger partial charge in [-0.05, 0) is 62.1 Å². The Morgan fingerprint density at radius 3 is 2.64 bits per heavy atom. The zero-order valence-corrected chi connectivity index (χ0v) is 17.7. The summed E-state index contributed by atoms with van der Waals surface area (Å²) in [5.41, 5.74) is 2.89. The van der Waals surface area contributed by atoms with Gasteiger partial charge in [-0.1, -0.05) is 38.1 Å². The first kappa shape index (κ1) is 19.9. The summed E-state index contributed by atoms with van der Waals surface area (Å²) in [6.07, 6.45) is 7.71. The summed E-state index contributed by atoms with van der Waals surface area (Å²) < 4.78 is 5.85. The number of carbonyl (C=O) groups is 1. The minimum absolute atomic E-state index is 0.0826. The van der Waals surface area contributed by atoms with Gasteiger partial charge in [-0.15, -0.1) is 0 Å². The zero-order valence-electron chi connectivity index (χ0n) is 17.7. The van der Waals surface area contributed by atoms with Crippen molar-refractivity contribution < 1.29 is 9.53 Å². The second-order valence-electron chi connectivity index (χ2n) is 9.39. The quantitative estimate of drug-likeness (QED) is 0.757. The monoisotopic (exact) mass is 384 g/mol. The van der Waals surface area contributed by atoms with Crippen LogP contribution in [0, 0.1) is 0 Å². The van der Waals surface area contributed by atoms with Gasteiger partial charge >= 0.3 is 0 Å². The molecule has 4 heteroatoms. The highest BCUT2D eigenvalue weighted by atomic mass is 16.5. The molecule has 1 aromatic carbocycles. The van der Waals surface area contributed by atoms with Crippen LogP contribution in [0.2, 0.25) is 0 Å². The van der Waals surface area contributed by atoms with E-state index in [4.69, 9.17) is 4.74 Å². The normalized spacial score (nSPS) is 29.2. The van der Waals surface area contributed by atoms with Crippen LogP contribution >= 0.6 is 0 Å². The molecular weight excluding hydrogens is 348 g/mol. The lowest BCUT2D eigenvalue weighted by Gasteiger charge is -2.39. The van der Waals surface area contributed by atoms with Crippen molar-refractivity contribution in [3.05, 3.63) is 35.4 Å². The Bertz CT molecular complexity index is 666. The Labute approximate surface area is 170 Å². The van der Waals surface area contributed by atoms with Gasteiger partial charge in [0, 0.05) is 38.2 Å². The third-order valence-corrected chi connectivity index (χ3v) is 7.15. The summed E-state index contributed by atoms with van der Waals surface area (Å²) in [4.78, 5) is 17.5. The number of rotatable bonds is 5. The largest absolute Gasteiger partial charge is 0.376 e. The molecule has 4 rings (SSSR count). The van der Waals surface area contributed by atoms with Gasteiger partial charge in [0.05, 0.1) is 6.10 Å². The molecule has 1 amide bonds. The fourth-order valence-corrected chi connectivity index (χ4v) is 5.34. The Morgan fingerprint density at radius 2 is 1.93 bits per heavy atom. The Balaban J connectivity index is 1.38. The van der Waals surface area contributed by atoms with E-state index in [1.165, 1.54) is 17.5 Å². The minimum Gasteiger partial charge on any atom is -0.376 e. The van der Waals surface area contributed by atoms with Gasteiger partial charge in [-0.2, -0.15) is 0 Å². The van der Waals surface area contributed by atoms with Crippen LogP contribution in [0.1, 0.15) is 75.8 Å². The number of nitrogens with zero attached hydrogens (tertiary/aromatic N) is 2. The molecular formula is C24H36N2O2. The van der Waals surface area contributed by atoms with Gasteiger partial charge in [0.15, 0.2) is 0 Å². The molecule has 0 bridgehead atoms. The van der Waals surface area contributed by atoms with Crippen LogP contribution < -0.4 is 0 Å². The molecule has 3 saturated heterocycles. The van der Waals surface area contributed by atoms with Gasteiger partial charge < -0.3 is 9.64 Å². The highest BCUT2D eigenvalue weighted by molar-refractivity contribution is 5.79. The second-order valence-corrected chi connectivity index (χ2v) is 9.39. The summed E-state index contributed by atoms with van der Waals surface area (Å²) in [5.74, 6) is 0.940. The number of hydrogen-bond acceptors (Lipinski definition) is 3. The van der Waals surface area contributed by atoms with E-state index in [-0.39, 0.29) is 11.6 Å². The van der Waals surface area contributed by atoms with Crippen LogP contribution in [-0.2, 0) is 16.1 Å². The van der Waals surface area contributed by atoms with Gasteiger partial charge in [-0.3, -0.25) is 9.69 Å². The van der Waals surface area contributed by atoms with Crippen LogP contribution in [0.5, 0.6) is 0 Å². The predicted octanol–water partition coefficient (Wildman–Crippen LogP) is 4.34. The molecule has 2 atom stereocenters. The number of amides is 1. The van der Waals surface area contributed by atoms with E-state index in [2.05, 4.69) is 47.9 Å². The van der Waals surface area contributed by atoms with Gasteiger partial charge in [0.25, 0.3) is 0 Å². The maximum absolute atomic E-state index is 12.7. The minimum atomic E-state index is 0.0826. The summed E-state index contributed by atoms with van der Waals surface area (Å²) in [7, 11) is 0. The molecule has 28 heavy (non-hydrogen) atoms. The topological polar surface area (TPSA) is 32.8 Å². The first-order valence-corrected chi connectivity index (χ1v) is 11.3. The molecule has 3 aliphatic rings. The molecule has 3 aliphatic heterocycles. The SMILES string of the molecule is CC(C)c1ccc(CN2CCCC3(CCC(=O)N3CC3CCCO3)CC2)cc1. The van der Waals surface area contributed by atoms with Crippen LogP contribution in [0.4, 0.5) is 0 Å². The van der Waals surface area contributed by atoms with Gasteiger partial charge in [0.1, 0.15) is 0 Å². The van der Waals surface area contributed by atoms with Crippen LogP contribution in [0.15, 0.2) is 24.3 Å². The van der Waals surface area contributed by atoms with Crippen molar-refractivity contribution in [2.24, 2.45) is 0 Å². The average Bonchev–Trinajstić information content (AvgIpc) is 3.25. The summed E-state index contributed by atoms with van der Waals surface area (Å²) in [5, 5.41) is 0. The Morgan fingerprint density at radius 1 is 1.11 bits per heavy atom. The first-order valence-electron chi connectivity index (χ1n) is 11.3. The van der Waals surface area contributed by atoms with Crippen molar-refractivity contribution in [2.45, 2.75) is 82.9 Å². The smallest absolute Gasteiger partial charge is 0.223 e. The van der Waals surface area contributed by atoms with Crippen molar-refractivity contribution in [1.82, 2.24) is 9.80 Å². The van der Waals surface area contributed by atoms with Crippen LogP contribution in [-0.4, -0.2) is 53.6 Å². The van der Waals surface area contributed by atoms with Crippen molar-refractivity contribution in [2.75, 3.05) is 26.2 Å². The van der Waals surface area contributed by atoms with E-state index in [1.54, 1.807) is 0 Å². The molecule has 0 N–H and O–H groups in total. The third kappa shape index (κ3) is 4.28. The van der Waals surface area contributed by atoms with Crippen molar-refractivity contribution in [1.29, 1.82) is 0 Å². The zero-order chi connectivity index (χ0) is 19.6.